The largest absolute Gasteiger partial charge is 0.478 e. The first kappa shape index (κ1) is 58.8. The number of aromatic carboxylic acids is 12. The first-order valence-electron chi connectivity index (χ1n) is 18.8. The fourth-order valence-electron chi connectivity index (χ4n) is 6.83. The lowest BCUT2D eigenvalue weighted by molar-refractivity contribution is 0.0333. The van der Waals surface area contributed by atoms with Crippen LogP contribution in [0.1, 0.15) is 186 Å². The van der Waals surface area contributed by atoms with Crippen LogP contribution in [0.2, 0.25) is 0 Å². The maximum absolute atomic E-state index is 14.5. The fourth-order valence-corrected chi connectivity index (χ4v) is 6.83. The normalized spacial score (nSPS) is 10.4. The van der Waals surface area contributed by atoms with Crippen molar-refractivity contribution in [1.82, 2.24) is 0 Å². The summed E-state index contributed by atoms with van der Waals surface area (Å²) in [7, 11) is 0. The van der Waals surface area contributed by atoms with E-state index in [4.69, 9.17) is 0 Å². The summed E-state index contributed by atoms with van der Waals surface area (Å²) < 4.78 is 17.7. The van der Waals surface area contributed by atoms with Gasteiger partial charge in [-0.25, -0.2) is 86.3 Å². The van der Waals surface area contributed by atoms with Crippen molar-refractivity contribution in [3.05, 3.63) is 100 Å². The third-order valence-electron chi connectivity index (χ3n) is 9.31. The molecule has 0 saturated carbocycles. The van der Waals surface area contributed by atoms with Crippen LogP contribution in [-0.4, -0.2) is 205 Å². The van der Waals surface area contributed by atoms with E-state index < -0.39 is 234 Å². The Hall–Kier alpha value is -11.6. The van der Waals surface area contributed by atoms with Gasteiger partial charge in [0.25, 0.3) is 0 Å². The quantitative estimate of drug-likeness (QED) is 0.0305. The molecule has 0 atom stereocenters. The van der Waals surface area contributed by atoms with E-state index in [1.54, 1.807) is 0 Å². The van der Waals surface area contributed by atoms with Crippen molar-refractivity contribution in [3.63, 3.8) is 0 Å². The van der Waals surface area contributed by atoms with Crippen molar-refractivity contribution in [1.29, 1.82) is 0 Å². The van der Waals surface area contributed by atoms with Gasteiger partial charge in [-0.15, -0.1) is 0 Å². The second-order valence-corrected chi connectivity index (χ2v) is 13.5. The van der Waals surface area contributed by atoms with Gasteiger partial charge >= 0.3 is 107 Å². The summed E-state index contributed by atoms with van der Waals surface area (Å²) >= 11 is 0. The fraction of sp³-hybridized carbons (Fsp3) is 0.100. The number of carbonyl (C=O) groups is 18. The van der Waals surface area contributed by atoms with Crippen LogP contribution in [0.25, 0.3) is 0 Å². The summed E-state index contributed by atoms with van der Waals surface area (Å²) in [6, 6.07) is 0. The minimum Gasteiger partial charge on any atom is -0.478 e. The first-order valence-corrected chi connectivity index (χ1v) is 18.8. The first-order chi connectivity index (χ1) is 35.2. The molecule has 398 valence electrons. The minimum atomic E-state index is -3.18. The highest BCUT2D eigenvalue weighted by Gasteiger charge is 2.47. The Morgan fingerprint density at radius 2 is 0.329 bits per heavy atom. The lowest BCUT2D eigenvalue weighted by Gasteiger charge is -2.21. The van der Waals surface area contributed by atoms with Crippen LogP contribution in [0, 0.1) is 0 Å². The number of hydrogen-bond acceptors (Lipinski definition) is 24. The van der Waals surface area contributed by atoms with Gasteiger partial charge in [0.2, 0.25) is 0 Å². The lowest BCUT2D eigenvalue weighted by Crippen LogP contribution is -2.33. The summed E-state index contributed by atoms with van der Waals surface area (Å²) in [5.41, 5.74) is -42.8. The van der Waals surface area contributed by atoms with Crippen LogP contribution in [0.4, 0.5) is 0 Å². The maximum Gasteiger partial charge on any atom is 0.347 e. The molecule has 3 rings (SSSR count). The van der Waals surface area contributed by atoms with Crippen molar-refractivity contribution in [2.75, 3.05) is 26.4 Å². The molecule has 36 heteroatoms. The molecule has 0 radical (unpaired) electrons. The van der Waals surface area contributed by atoms with Crippen molar-refractivity contribution in [3.8, 4) is 0 Å². The van der Waals surface area contributed by atoms with Gasteiger partial charge in [0.05, 0.1) is 113 Å². The monoisotopic (exact) mass is 1080 g/mol. The van der Waals surface area contributed by atoms with E-state index in [1.807, 2.05) is 0 Å². The molecule has 0 amide bonds. The molecular formula is C40H22O36. The van der Waals surface area contributed by atoms with E-state index in [1.165, 1.54) is 0 Å². The molecule has 0 saturated heterocycles. The van der Waals surface area contributed by atoms with Crippen LogP contribution in [-0.2, 0) is 18.9 Å². The number of aliphatic hydroxyl groups is 2. The predicted octanol–water partition coefficient (Wildman–Crippen LogP) is -1.64. The highest BCUT2D eigenvalue weighted by atomic mass is 16.6. The number of ether oxygens (including phenoxy) is 4. The van der Waals surface area contributed by atoms with E-state index in [0.717, 1.165) is 0 Å². The molecule has 0 heterocycles. The van der Waals surface area contributed by atoms with Gasteiger partial charge in [0, 0.05) is 0 Å². The van der Waals surface area contributed by atoms with E-state index >= 15 is 0 Å². The summed E-state index contributed by atoms with van der Waals surface area (Å²) in [4.78, 5) is 234. The molecule has 3 aromatic rings. The van der Waals surface area contributed by atoms with Gasteiger partial charge in [-0.1, -0.05) is 0 Å². The Balaban J connectivity index is 2.87. The van der Waals surface area contributed by atoms with Crippen molar-refractivity contribution >= 4 is 107 Å². The van der Waals surface area contributed by atoms with Gasteiger partial charge < -0.3 is 90.4 Å². The summed E-state index contributed by atoms with van der Waals surface area (Å²) in [6.07, 6.45) is 0. The molecule has 0 unspecified atom stereocenters. The van der Waals surface area contributed by atoms with Crippen LogP contribution in [0.5, 0.6) is 0 Å². The molecule has 3 aromatic carbocycles. The lowest BCUT2D eigenvalue weighted by atomic mass is 9.85. The number of hydrogen-bond donors (Lipinski definition) is 14. The zero-order valence-electron chi connectivity index (χ0n) is 36.1. The summed E-state index contributed by atoms with van der Waals surface area (Å²) in [5.74, 6) is -51.6. The number of carbonyl (C=O) groups excluding carboxylic acids is 6. The van der Waals surface area contributed by atoms with Crippen molar-refractivity contribution in [2.24, 2.45) is 0 Å². The topological polar surface area (TPSA) is 627 Å². The van der Waals surface area contributed by atoms with Crippen molar-refractivity contribution < 1.29 is 177 Å². The maximum atomic E-state index is 14.5. The Bertz CT molecular complexity index is 3200. The van der Waals surface area contributed by atoms with Crippen molar-refractivity contribution in [2.45, 2.75) is 0 Å². The zero-order chi connectivity index (χ0) is 58.4. The molecule has 14 N–H and O–H groups in total. The van der Waals surface area contributed by atoms with Gasteiger partial charge in [-0.05, 0) is 0 Å². The highest BCUT2D eigenvalue weighted by Crippen LogP contribution is 2.36. The highest BCUT2D eigenvalue weighted by molar-refractivity contribution is 6.29. The smallest absolute Gasteiger partial charge is 0.347 e. The predicted molar refractivity (Wildman–Crippen MR) is 217 cm³/mol. The average Bonchev–Trinajstić information content (AvgIpc) is 3.30. The second-order valence-electron chi connectivity index (χ2n) is 13.5. The molecule has 0 bridgehead atoms. The number of benzene rings is 3. The van der Waals surface area contributed by atoms with E-state index in [0.29, 0.717) is 0 Å². The van der Waals surface area contributed by atoms with E-state index in [-0.39, 0.29) is 0 Å². The number of esters is 6. The third kappa shape index (κ3) is 10.7. The third-order valence-corrected chi connectivity index (χ3v) is 9.31. The minimum absolute atomic E-state index is 1.26. The Morgan fingerprint density at radius 1 is 0.211 bits per heavy atom. The van der Waals surface area contributed by atoms with Crippen LogP contribution in [0.3, 0.4) is 0 Å². The standard InChI is InChI=1S/C40H22O36/c41-1-3-73-35(67)19-15(33(63)64)16(34(65)66)20(39(71)75-37(69)17-11(29(55)56)7(25(47)48)5(23(43)44)8(26(49)50)12(17)30(57)58)22(21(19)36(68)74-4-2-42)40(72)76-38(70)18-13(31(59)60)9(27(51)52)6(24(45)46)10(28(53)54)14(18)32(61)62/h41-42H,1-4H2,(H,43,44)(H,45,46)(H,47,48)(H,49,50)(H,51,52)(H,53,54)(H,55,56)(H,57,58)(H,59,60)(H,61,62)(H,63,64)(H,65,66). The van der Waals surface area contributed by atoms with Gasteiger partial charge in [0.15, 0.2) is 0 Å². The van der Waals surface area contributed by atoms with Crippen LogP contribution >= 0.6 is 0 Å². The van der Waals surface area contributed by atoms with Gasteiger partial charge in [-0.2, -0.15) is 0 Å². The molecule has 0 aliphatic heterocycles. The van der Waals surface area contributed by atoms with E-state index in [2.05, 4.69) is 18.9 Å². The summed E-state index contributed by atoms with van der Waals surface area (Å²) in [6.45, 7) is -5.29. The molecule has 76 heavy (non-hydrogen) atoms. The Morgan fingerprint density at radius 3 is 0.487 bits per heavy atom. The molecule has 0 fully saturated rings. The van der Waals surface area contributed by atoms with Crippen LogP contribution < -0.4 is 0 Å². The summed E-state index contributed by atoms with van der Waals surface area (Å²) in [5, 5.41) is 138. The molecule has 0 aliphatic rings. The molecule has 0 aromatic heterocycles. The Labute approximate surface area is 410 Å². The van der Waals surface area contributed by atoms with Crippen LogP contribution in [0.15, 0.2) is 0 Å². The number of rotatable bonds is 22. The molecule has 0 aliphatic carbocycles. The zero-order valence-corrected chi connectivity index (χ0v) is 36.1. The molecular weight excluding hydrogens is 1060 g/mol. The SMILES string of the molecule is O=C(O)c1c(C(=O)O)c(C(=O)O)c(C(=O)OC(=O)c2c(C(=O)O)c(C(=O)O)c(C(=O)OCCO)c(C(=O)OCCO)c2C(=O)OC(=O)c2c(C(=O)O)c(C(=O)O)c(C(=O)O)c(C(=O)O)c2C(=O)O)c(C(=O)O)c1C(=O)O. The number of carboxylic acids is 12. The van der Waals surface area contributed by atoms with E-state index in [9.17, 15) is 158 Å². The van der Waals surface area contributed by atoms with Gasteiger partial charge in [0.1, 0.15) is 13.2 Å². The number of aliphatic hydroxyl groups excluding tert-OH is 2. The molecule has 36 nitrogen and oxygen atoms in total. The average molecular weight is 1080 g/mol. The Kier molecular flexibility index (Phi) is 17.5. The second kappa shape index (κ2) is 22.7. The number of carboxylic acid groups (broad SMARTS) is 12. The molecule has 0 spiro atoms. The van der Waals surface area contributed by atoms with Gasteiger partial charge in [-0.3, -0.25) is 0 Å².